The summed E-state index contributed by atoms with van der Waals surface area (Å²) in [4.78, 5) is 5.56. The largest absolute Gasteiger partial charge is 0.311 e. The van der Waals surface area contributed by atoms with Gasteiger partial charge < -0.3 is 10.2 Å². The van der Waals surface area contributed by atoms with Crippen molar-refractivity contribution in [1.29, 1.82) is 0 Å². The Hall–Kier alpha value is -0.120. The first-order valence-corrected chi connectivity index (χ1v) is 9.31. The lowest BCUT2D eigenvalue weighted by molar-refractivity contribution is -0.0190. The van der Waals surface area contributed by atoms with Crippen LogP contribution in [0.1, 0.15) is 59.3 Å². The lowest BCUT2D eigenvalue weighted by atomic mass is 9.80. The highest BCUT2D eigenvalue weighted by molar-refractivity contribution is 4.98. The Morgan fingerprint density at radius 3 is 2.43 bits per heavy atom. The molecule has 0 spiro atoms. The molecule has 0 amide bonds. The quantitative estimate of drug-likeness (QED) is 0.863. The van der Waals surface area contributed by atoms with Crippen LogP contribution in [0.25, 0.3) is 0 Å². The van der Waals surface area contributed by atoms with Crippen LogP contribution in [0.15, 0.2) is 0 Å². The Bertz CT molecular complexity index is 331. The van der Waals surface area contributed by atoms with Crippen molar-refractivity contribution in [2.24, 2.45) is 5.92 Å². The number of hydrogen-bond donors (Lipinski definition) is 1. The van der Waals surface area contributed by atoms with E-state index in [4.69, 9.17) is 0 Å². The zero-order valence-electron chi connectivity index (χ0n) is 14.5. The first-order valence-electron chi connectivity index (χ1n) is 9.31. The van der Waals surface area contributed by atoms with Gasteiger partial charge in [0.2, 0.25) is 0 Å². The van der Waals surface area contributed by atoms with Crippen molar-refractivity contribution in [2.75, 3.05) is 20.1 Å². The molecular formula is C18H35N3. The van der Waals surface area contributed by atoms with Crippen LogP contribution in [0.3, 0.4) is 0 Å². The van der Waals surface area contributed by atoms with E-state index in [1.54, 1.807) is 0 Å². The fourth-order valence-corrected chi connectivity index (χ4v) is 4.94. The van der Waals surface area contributed by atoms with Gasteiger partial charge >= 0.3 is 0 Å². The summed E-state index contributed by atoms with van der Waals surface area (Å²) in [5.74, 6) is 0.797. The lowest BCUT2D eigenvalue weighted by Gasteiger charge is -2.53. The molecule has 3 fully saturated rings. The molecule has 3 aliphatic rings. The molecular weight excluding hydrogens is 258 g/mol. The summed E-state index contributed by atoms with van der Waals surface area (Å²) < 4.78 is 0. The zero-order chi connectivity index (χ0) is 15.0. The lowest BCUT2D eigenvalue weighted by Crippen LogP contribution is -2.63. The molecule has 0 aromatic heterocycles. The predicted octanol–water partition coefficient (Wildman–Crippen LogP) is 2.71. The van der Waals surface area contributed by atoms with Gasteiger partial charge in [0, 0.05) is 43.3 Å². The average molecular weight is 293 g/mol. The zero-order valence-corrected chi connectivity index (χ0v) is 14.5. The van der Waals surface area contributed by atoms with Gasteiger partial charge in [0.15, 0.2) is 0 Å². The summed E-state index contributed by atoms with van der Waals surface area (Å²) in [6.45, 7) is 9.61. The number of hydrogen-bond acceptors (Lipinski definition) is 3. The number of nitrogens with zero attached hydrogens (tertiary/aromatic N) is 2. The third-order valence-corrected chi connectivity index (χ3v) is 6.76. The van der Waals surface area contributed by atoms with Crippen molar-refractivity contribution >= 4 is 0 Å². The highest BCUT2D eigenvalue weighted by Gasteiger charge is 2.41. The Morgan fingerprint density at radius 2 is 1.81 bits per heavy atom. The minimum absolute atomic E-state index is 0.700. The number of piperidine rings is 2. The van der Waals surface area contributed by atoms with Crippen LogP contribution >= 0.6 is 0 Å². The number of fused-ring (bicyclic) bond motifs is 2. The maximum absolute atomic E-state index is 3.80. The van der Waals surface area contributed by atoms with Crippen LogP contribution in [-0.2, 0) is 0 Å². The molecule has 3 nitrogen and oxygen atoms in total. The second kappa shape index (κ2) is 6.55. The van der Waals surface area contributed by atoms with E-state index >= 15 is 0 Å². The summed E-state index contributed by atoms with van der Waals surface area (Å²) in [6.07, 6.45) is 8.42. The molecule has 0 aliphatic carbocycles. The molecule has 3 rings (SSSR count). The fourth-order valence-electron chi connectivity index (χ4n) is 4.94. The second-order valence-electron chi connectivity index (χ2n) is 7.98. The van der Waals surface area contributed by atoms with Gasteiger partial charge in [-0.2, -0.15) is 0 Å². The van der Waals surface area contributed by atoms with Gasteiger partial charge in [0.25, 0.3) is 0 Å². The summed E-state index contributed by atoms with van der Waals surface area (Å²) in [6, 6.07) is 3.95. The number of piperazine rings is 1. The average Bonchev–Trinajstić information content (AvgIpc) is 2.47. The van der Waals surface area contributed by atoms with E-state index in [1.807, 2.05) is 0 Å². The monoisotopic (exact) mass is 293 g/mol. The highest BCUT2D eigenvalue weighted by atomic mass is 15.3. The van der Waals surface area contributed by atoms with Crippen LogP contribution in [0.5, 0.6) is 0 Å². The van der Waals surface area contributed by atoms with Gasteiger partial charge in [-0.1, -0.05) is 26.7 Å². The van der Waals surface area contributed by atoms with Crippen LogP contribution in [0.4, 0.5) is 0 Å². The van der Waals surface area contributed by atoms with E-state index in [2.05, 4.69) is 42.9 Å². The molecule has 5 unspecified atom stereocenters. The fraction of sp³-hybridized carbons (Fsp3) is 1.00. The molecule has 0 aromatic carbocycles. The first-order chi connectivity index (χ1) is 10.1. The van der Waals surface area contributed by atoms with Crippen molar-refractivity contribution in [3.63, 3.8) is 0 Å². The van der Waals surface area contributed by atoms with E-state index in [0.29, 0.717) is 12.1 Å². The molecule has 122 valence electrons. The Balaban J connectivity index is 1.67. The molecule has 21 heavy (non-hydrogen) atoms. The van der Waals surface area contributed by atoms with Crippen molar-refractivity contribution in [1.82, 2.24) is 15.1 Å². The van der Waals surface area contributed by atoms with E-state index < -0.39 is 0 Å². The van der Waals surface area contributed by atoms with Crippen molar-refractivity contribution in [3.8, 4) is 0 Å². The predicted molar refractivity (Wildman–Crippen MR) is 89.6 cm³/mol. The molecule has 1 N–H and O–H groups in total. The second-order valence-corrected chi connectivity index (χ2v) is 7.98. The van der Waals surface area contributed by atoms with Crippen LogP contribution < -0.4 is 5.32 Å². The first kappa shape index (κ1) is 15.8. The number of nitrogens with one attached hydrogen (secondary N) is 1. The molecule has 3 heteroatoms. The van der Waals surface area contributed by atoms with Gasteiger partial charge in [-0.25, -0.2) is 0 Å². The van der Waals surface area contributed by atoms with E-state index in [1.165, 1.54) is 51.6 Å². The van der Waals surface area contributed by atoms with Gasteiger partial charge in [-0.15, -0.1) is 0 Å². The third-order valence-electron chi connectivity index (χ3n) is 6.76. The van der Waals surface area contributed by atoms with Crippen LogP contribution in [0, 0.1) is 5.92 Å². The Labute approximate surface area is 131 Å². The van der Waals surface area contributed by atoms with Crippen LogP contribution in [-0.4, -0.2) is 60.1 Å². The van der Waals surface area contributed by atoms with E-state index in [0.717, 1.165) is 24.0 Å². The summed E-state index contributed by atoms with van der Waals surface area (Å²) >= 11 is 0. The summed E-state index contributed by atoms with van der Waals surface area (Å²) in [7, 11) is 2.37. The Kier molecular flexibility index (Phi) is 4.92. The molecule has 0 aromatic rings. The molecule has 0 radical (unpaired) electrons. The molecule has 2 bridgehead atoms. The molecule has 3 aliphatic heterocycles. The Morgan fingerprint density at radius 1 is 1.14 bits per heavy atom. The molecule has 3 heterocycles. The van der Waals surface area contributed by atoms with E-state index in [-0.39, 0.29) is 0 Å². The SMILES string of the molecule is CCC(C)C1CN(C2CC3CCCC(C2)N3C)C(C)CN1. The van der Waals surface area contributed by atoms with E-state index in [9.17, 15) is 0 Å². The third kappa shape index (κ3) is 3.16. The smallest absolute Gasteiger partial charge is 0.0221 e. The van der Waals surface area contributed by atoms with Crippen molar-refractivity contribution < 1.29 is 0 Å². The maximum Gasteiger partial charge on any atom is 0.0221 e. The van der Waals surface area contributed by atoms with Crippen molar-refractivity contribution in [2.45, 2.75) is 89.5 Å². The number of rotatable bonds is 3. The molecule has 3 saturated heterocycles. The topological polar surface area (TPSA) is 18.5 Å². The van der Waals surface area contributed by atoms with Gasteiger partial charge in [0.1, 0.15) is 0 Å². The standard InChI is InChI=1S/C18H35N3/c1-5-13(2)18-12-21(14(3)11-19-18)17-9-15-7-6-8-16(10-17)20(15)4/h13-19H,5-12H2,1-4H3. The normalized spacial score (nSPS) is 43.7. The van der Waals surface area contributed by atoms with Crippen molar-refractivity contribution in [3.05, 3.63) is 0 Å². The maximum atomic E-state index is 3.80. The molecule has 0 saturated carbocycles. The van der Waals surface area contributed by atoms with Gasteiger partial charge in [-0.05, 0) is 45.6 Å². The van der Waals surface area contributed by atoms with Crippen LogP contribution in [0.2, 0.25) is 0 Å². The highest BCUT2D eigenvalue weighted by Crippen LogP contribution is 2.36. The van der Waals surface area contributed by atoms with Gasteiger partial charge in [-0.3, -0.25) is 4.90 Å². The summed E-state index contributed by atoms with van der Waals surface area (Å²) in [5.41, 5.74) is 0. The van der Waals surface area contributed by atoms with Gasteiger partial charge in [0.05, 0.1) is 0 Å². The summed E-state index contributed by atoms with van der Waals surface area (Å²) in [5, 5.41) is 3.80. The minimum Gasteiger partial charge on any atom is -0.311 e. The minimum atomic E-state index is 0.700. The molecule has 5 atom stereocenters.